The number of aliphatic hydroxyl groups excluding tert-OH is 2. The second kappa shape index (κ2) is 10.9. The summed E-state index contributed by atoms with van der Waals surface area (Å²) in [6.07, 6.45) is -3.51. The lowest BCUT2D eigenvalue weighted by atomic mass is 9.80. The number of ether oxygens (including phenoxy) is 3. The van der Waals surface area contributed by atoms with E-state index in [1.54, 1.807) is 13.8 Å². The Morgan fingerprint density at radius 1 is 0.757 bits per heavy atom. The van der Waals surface area contributed by atoms with Crippen molar-refractivity contribution in [1.29, 1.82) is 0 Å². The van der Waals surface area contributed by atoms with Crippen molar-refractivity contribution in [2.24, 2.45) is 0 Å². The van der Waals surface area contributed by atoms with Crippen LogP contribution in [0.2, 0.25) is 0 Å². The van der Waals surface area contributed by atoms with Crippen molar-refractivity contribution < 1.29 is 24.4 Å². The molecule has 0 aliphatic carbocycles. The van der Waals surface area contributed by atoms with E-state index in [1.807, 2.05) is 109 Å². The lowest BCUT2D eigenvalue weighted by Gasteiger charge is -2.37. The van der Waals surface area contributed by atoms with E-state index in [0.717, 1.165) is 21.6 Å². The topological polar surface area (TPSA) is 68.2 Å². The number of thiophene rings is 1. The van der Waals surface area contributed by atoms with Crippen LogP contribution in [0.25, 0.3) is 0 Å². The van der Waals surface area contributed by atoms with E-state index in [1.165, 1.54) is 11.3 Å². The van der Waals surface area contributed by atoms with Gasteiger partial charge in [-0.05, 0) is 42.0 Å². The quantitative estimate of drug-likeness (QED) is 0.281. The molecule has 1 saturated heterocycles. The molecule has 0 bridgehead atoms. The summed E-state index contributed by atoms with van der Waals surface area (Å²) < 4.78 is 19.0. The third-order valence-corrected chi connectivity index (χ3v) is 7.64. The maximum atomic E-state index is 11.5. The molecule has 4 atom stereocenters. The van der Waals surface area contributed by atoms with Crippen molar-refractivity contribution >= 4 is 11.3 Å². The molecule has 1 aromatic heterocycles. The summed E-state index contributed by atoms with van der Waals surface area (Å²) in [6.45, 7) is 3.53. The van der Waals surface area contributed by atoms with E-state index in [9.17, 15) is 10.2 Å². The highest BCUT2D eigenvalue weighted by Crippen LogP contribution is 2.42. The molecule has 0 amide bonds. The predicted octanol–water partition coefficient (Wildman–Crippen LogP) is 5.67. The summed E-state index contributed by atoms with van der Waals surface area (Å²) in [4.78, 5) is 0.761. The van der Waals surface area contributed by atoms with Crippen molar-refractivity contribution in [3.8, 4) is 0 Å². The molecule has 0 radical (unpaired) electrons. The molecule has 0 saturated carbocycles. The first-order valence-electron chi connectivity index (χ1n) is 12.5. The summed E-state index contributed by atoms with van der Waals surface area (Å²) in [5.74, 6) is -0.954. The number of rotatable bonds is 9. The monoisotopic (exact) mass is 516 g/mol. The normalized spacial score (nSPS) is 21.0. The van der Waals surface area contributed by atoms with Gasteiger partial charge in [0.1, 0.15) is 30.0 Å². The maximum Gasteiger partial charge on any atom is 0.164 e. The Balaban J connectivity index is 1.50. The average Bonchev–Trinajstić information content (AvgIpc) is 3.58. The Labute approximate surface area is 221 Å². The first-order chi connectivity index (χ1) is 17.9. The third-order valence-electron chi connectivity index (χ3n) is 6.70. The molecule has 37 heavy (non-hydrogen) atoms. The highest BCUT2D eigenvalue weighted by atomic mass is 32.1. The minimum atomic E-state index is -1.06. The van der Waals surface area contributed by atoms with Crippen LogP contribution in [0, 0.1) is 0 Å². The number of hydrogen-bond donors (Lipinski definition) is 2. The zero-order valence-electron chi connectivity index (χ0n) is 20.9. The van der Waals surface area contributed by atoms with Gasteiger partial charge in [-0.15, -0.1) is 11.3 Å². The van der Waals surface area contributed by atoms with Crippen LogP contribution in [0.1, 0.15) is 41.5 Å². The van der Waals surface area contributed by atoms with Gasteiger partial charge in [0.15, 0.2) is 5.79 Å². The van der Waals surface area contributed by atoms with Crippen LogP contribution < -0.4 is 0 Å². The first kappa shape index (κ1) is 25.8. The van der Waals surface area contributed by atoms with Gasteiger partial charge in [-0.1, -0.05) is 97.1 Å². The highest BCUT2D eigenvalue weighted by Gasteiger charge is 2.49. The summed E-state index contributed by atoms with van der Waals surface area (Å²) in [5, 5.41) is 24.4. The van der Waals surface area contributed by atoms with Crippen LogP contribution in [0.4, 0.5) is 0 Å². The van der Waals surface area contributed by atoms with Crippen LogP contribution in [0.15, 0.2) is 109 Å². The summed E-state index contributed by atoms with van der Waals surface area (Å²) in [6, 6.07) is 33.8. The Morgan fingerprint density at radius 2 is 1.24 bits per heavy atom. The Kier molecular flexibility index (Phi) is 7.58. The third kappa shape index (κ3) is 5.27. The zero-order chi connectivity index (χ0) is 25.9. The molecule has 5 rings (SSSR count). The molecule has 1 aliphatic rings. The molecule has 1 fully saturated rings. The lowest BCUT2D eigenvalue weighted by molar-refractivity contribution is -0.165. The van der Waals surface area contributed by atoms with Gasteiger partial charge >= 0.3 is 0 Å². The molecule has 192 valence electrons. The molecular formula is C31H32O5S. The number of aliphatic hydroxyl groups is 2. The van der Waals surface area contributed by atoms with Gasteiger partial charge in [-0.3, -0.25) is 0 Å². The summed E-state index contributed by atoms with van der Waals surface area (Å²) >= 11 is 1.44. The van der Waals surface area contributed by atoms with Gasteiger partial charge in [-0.25, -0.2) is 0 Å². The second-order valence-electron chi connectivity index (χ2n) is 9.68. The van der Waals surface area contributed by atoms with Gasteiger partial charge in [0.05, 0.1) is 6.61 Å². The molecule has 1 aliphatic heterocycles. The Hall–Kier alpha value is -2.84. The van der Waals surface area contributed by atoms with E-state index < -0.39 is 35.8 Å². The molecule has 6 heteroatoms. The van der Waals surface area contributed by atoms with Crippen LogP contribution in [0.3, 0.4) is 0 Å². The van der Waals surface area contributed by atoms with Crippen molar-refractivity contribution in [2.75, 3.05) is 6.61 Å². The molecule has 2 heterocycles. The van der Waals surface area contributed by atoms with Gasteiger partial charge < -0.3 is 24.4 Å². The minimum Gasteiger partial charge on any atom is -0.388 e. The molecular weight excluding hydrogens is 484 g/mol. The zero-order valence-corrected chi connectivity index (χ0v) is 21.8. The fourth-order valence-corrected chi connectivity index (χ4v) is 5.80. The van der Waals surface area contributed by atoms with E-state index in [0.29, 0.717) is 0 Å². The van der Waals surface area contributed by atoms with E-state index in [4.69, 9.17) is 14.2 Å². The first-order valence-corrected chi connectivity index (χ1v) is 13.3. The fourth-order valence-electron chi connectivity index (χ4n) is 5.05. The number of benzene rings is 3. The molecule has 3 aromatic carbocycles. The van der Waals surface area contributed by atoms with Gasteiger partial charge in [-0.2, -0.15) is 0 Å². The largest absolute Gasteiger partial charge is 0.388 e. The van der Waals surface area contributed by atoms with Crippen molar-refractivity contribution in [3.63, 3.8) is 0 Å². The summed E-state index contributed by atoms with van der Waals surface area (Å²) in [7, 11) is 0. The lowest BCUT2D eigenvalue weighted by Crippen LogP contribution is -2.44. The SMILES string of the molecule is CC1(C)O[C@@H]([C@H](O)COC(c2ccccc2)(c2ccccc2)c2ccccc2)[C@@H](C(O)c2cccs2)O1. The number of hydrogen-bond acceptors (Lipinski definition) is 6. The molecule has 2 N–H and O–H groups in total. The second-order valence-corrected chi connectivity index (χ2v) is 10.7. The van der Waals surface area contributed by atoms with E-state index >= 15 is 0 Å². The van der Waals surface area contributed by atoms with Crippen LogP contribution >= 0.6 is 11.3 Å². The average molecular weight is 517 g/mol. The van der Waals surface area contributed by atoms with Crippen LogP contribution in [-0.2, 0) is 19.8 Å². The highest BCUT2D eigenvalue weighted by molar-refractivity contribution is 7.10. The predicted molar refractivity (Wildman–Crippen MR) is 144 cm³/mol. The van der Waals surface area contributed by atoms with Crippen molar-refractivity contribution in [2.45, 2.75) is 49.7 Å². The fraction of sp³-hybridized carbons (Fsp3) is 0.290. The van der Waals surface area contributed by atoms with Crippen molar-refractivity contribution in [3.05, 3.63) is 130 Å². The van der Waals surface area contributed by atoms with Crippen LogP contribution in [-0.4, -0.2) is 40.9 Å². The van der Waals surface area contributed by atoms with Gasteiger partial charge in [0.2, 0.25) is 0 Å². The Morgan fingerprint density at radius 3 is 1.70 bits per heavy atom. The summed E-state index contributed by atoms with van der Waals surface area (Å²) in [5.41, 5.74) is 1.86. The minimum absolute atomic E-state index is 0.0452. The Bertz CT molecular complexity index is 1150. The van der Waals surface area contributed by atoms with Gasteiger partial charge in [0.25, 0.3) is 0 Å². The van der Waals surface area contributed by atoms with E-state index in [-0.39, 0.29) is 6.61 Å². The molecule has 0 spiro atoms. The van der Waals surface area contributed by atoms with Crippen LogP contribution in [0.5, 0.6) is 0 Å². The van der Waals surface area contributed by atoms with Crippen molar-refractivity contribution in [1.82, 2.24) is 0 Å². The standard InChI is InChI=1S/C31H32O5S/c1-30(2)35-28(29(36-30)27(33)26-19-12-20-37-26)25(32)21-34-31(22-13-6-3-7-14-22,23-15-8-4-9-16-23)24-17-10-5-11-18-24/h3-20,25,27-29,32-33H,21H2,1-2H3/t25-,27?,28+,29-/m1/s1. The maximum absolute atomic E-state index is 11.5. The van der Waals surface area contributed by atoms with Gasteiger partial charge in [0, 0.05) is 4.88 Å². The molecule has 4 aromatic rings. The molecule has 1 unspecified atom stereocenters. The smallest absolute Gasteiger partial charge is 0.164 e. The van der Waals surface area contributed by atoms with E-state index in [2.05, 4.69) is 0 Å². The molecule has 5 nitrogen and oxygen atoms in total.